The second-order valence-corrected chi connectivity index (χ2v) is 2.53. The maximum atomic E-state index is 11.9. The first-order valence-electron chi connectivity index (χ1n) is 3.57. The normalized spacial score (nSPS) is 9.93. The van der Waals surface area contributed by atoms with E-state index in [0.29, 0.717) is 6.47 Å². The van der Waals surface area contributed by atoms with Crippen LogP contribution in [0.1, 0.15) is 5.56 Å². The molecule has 1 heterocycles. The molecule has 1 aromatic heterocycles. The molecule has 84 valence electrons. The lowest BCUT2D eigenvalue weighted by Gasteiger charge is -2.05. The molecule has 0 aliphatic heterocycles. The number of carbonyl (C=O) groups excluding carboxylic acids is 1. The molecule has 0 N–H and O–H groups in total. The summed E-state index contributed by atoms with van der Waals surface area (Å²) in [5.74, 6) is 0. The molecule has 0 saturated heterocycles. The number of alkyl halides is 3. The van der Waals surface area contributed by atoms with Crippen LogP contribution in [-0.4, -0.2) is 18.6 Å². The van der Waals surface area contributed by atoms with Gasteiger partial charge in [-0.1, -0.05) is 11.6 Å². The second-order valence-electron chi connectivity index (χ2n) is 2.17. The molecule has 7 heteroatoms. The van der Waals surface area contributed by atoms with Crippen LogP contribution in [0, 0.1) is 0 Å². The highest BCUT2D eigenvalue weighted by atomic mass is 35.5. The molecule has 0 spiro atoms. The van der Waals surface area contributed by atoms with Crippen LogP contribution < -0.4 is 0 Å². The van der Waals surface area contributed by atoms with Gasteiger partial charge in [-0.15, -0.1) is 0 Å². The molecule has 0 unspecified atom stereocenters. The fourth-order valence-electron chi connectivity index (χ4n) is 0.597. The molecule has 0 fully saturated rings. The number of rotatable bonds is 1. The predicted octanol–water partition coefficient (Wildman–Crippen LogP) is 2.54. The van der Waals surface area contributed by atoms with Gasteiger partial charge < -0.3 is 4.74 Å². The van der Waals surface area contributed by atoms with Crippen LogP contribution in [-0.2, 0) is 15.7 Å². The Bertz CT molecular complexity index is 317. The standard InChI is InChI=1S/C6H3ClF3N.C2H4O2/c7-5-4(6(8,9)10)2-1-3-11-5;1-4-2-3/h1-3H;2H,1H3. The van der Waals surface area contributed by atoms with Gasteiger partial charge in [-0.2, -0.15) is 13.2 Å². The van der Waals surface area contributed by atoms with Crippen LogP contribution in [0.2, 0.25) is 5.15 Å². The molecule has 0 saturated carbocycles. The van der Waals surface area contributed by atoms with Crippen LogP contribution in [0.5, 0.6) is 0 Å². The van der Waals surface area contributed by atoms with E-state index in [1.807, 2.05) is 0 Å². The Morgan fingerprint density at radius 3 is 2.33 bits per heavy atom. The molecule has 0 radical (unpaired) electrons. The lowest BCUT2D eigenvalue weighted by Crippen LogP contribution is -2.06. The van der Waals surface area contributed by atoms with Crippen LogP contribution in [0.15, 0.2) is 18.3 Å². The third kappa shape index (κ3) is 5.21. The smallest absolute Gasteiger partial charge is 0.419 e. The SMILES string of the molecule is COC=O.FC(F)(F)c1cccnc1Cl. The number of hydrogen-bond donors (Lipinski definition) is 0. The van der Waals surface area contributed by atoms with E-state index in [9.17, 15) is 13.2 Å². The Hall–Kier alpha value is -1.30. The van der Waals surface area contributed by atoms with E-state index in [4.69, 9.17) is 16.4 Å². The van der Waals surface area contributed by atoms with Crippen molar-refractivity contribution < 1.29 is 22.7 Å². The summed E-state index contributed by atoms with van der Waals surface area (Å²) >= 11 is 5.18. The molecule has 0 bridgehead atoms. The van der Waals surface area contributed by atoms with Gasteiger partial charge in [0.2, 0.25) is 0 Å². The predicted molar refractivity (Wildman–Crippen MR) is 47.3 cm³/mol. The quantitative estimate of drug-likeness (QED) is 0.560. The van der Waals surface area contributed by atoms with E-state index in [0.717, 1.165) is 6.07 Å². The Morgan fingerprint density at radius 2 is 2.07 bits per heavy atom. The molecular formula is C8H7ClF3NO2. The molecule has 1 rings (SSSR count). The lowest BCUT2D eigenvalue weighted by molar-refractivity contribution is -0.137. The Balaban J connectivity index is 0.000000423. The minimum absolute atomic E-state index is 0.375. The first-order valence-corrected chi connectivity index (χ1v) is 3.95. The summed E-state index contributed by atoms with van der Waals surface area (Å²) in [7, 11) is 1.31. The Morgan fingerprint density at radius 1 is 1.53 bits per heavy atom. The van der Waals surface area contributed by atoms with E-state index in [-0.39, 0.29) is 0 Å². The average molecular weight is 242 g/mol. The minimum Gasteiger partial charge on any atom is -0.471 e. The van der Waals surface area contributed by atoms with Gasteiger partial charge in [0.1, 0.15) is 5.15 Å². The van der Waals surface area contributed by atoms with Gasteiger partial charge in [-0.25, -0.2) is 4.98 Å². The summed E-state index contributed by atoms with van der Waals surface area (Å²) in [6.45, 7) is 0.375. The maximum absolute atomic E-state index is 11.9. The number of hydrogen-bond acceptors (Lipinski definition) is 3. The number of ether oxygens (including phenoxy) is 1. The van der Waals surface area contributed by atoms with Gasteiger partial charge in [0.15, 0.2) is 0 Å². The number of pyridine rings is 1. The van der Waals surface area contributed by atoms with E-state index in [1.54, 1.807) is 0 Å². The van der Waals surface area contributed by atoms with Gasteiger partial charge in [-0.3, -0.25) is 4.79 Å². The third-order valence-corrected chi connectivity index (χ3v) is 1.46. The van der Waals surface area contributed by atoms with Crippen molar-refractivity contribution in [1.82, 2.24) is 4.98 Å². The summed E-state index contributed by atoms with van der Waals surface area (Å²) in [5, 5.41) is -0.514. The summed E-state index contributed by atoms with van der Waals surface area (Å²) < 4.78 is 39.6. The van der Waals surface area contributed by atoms with Gasteiger partial charge in [0.25, 0.3) is 6.47 Å². The van der Waals surface area contributed by atoms with E-state index < -0.39 is 16.9 Å². The highest BCUT2D eigenvalue weighted by Gasteiger charge is 2.33. The van der Waals surface area contributed by atoms with Crippen molar-refractivity contribution in [3.63, 3.8) is 0 Å². The number of halogens is 4. The zero-order valence-electron chi connectivity index (χ0n) is 7.58. The minimum atomic E-state index is -4.41. The van der Waals surface area contributed by atoms with Crippen LogP contribution in [0.3, 0.4) is 0 Å². The second kappa shape index (κ2) is 6.23. The lowest BCUT2D eigenvalue weighted by atomic mass is 10.3. The fourth-order valence-corrected chi connectivity index (χ4v) is 0.824. The van der Waals surface area contributed by atoms with Crippen LogP contribution in [0.25, 0.3) is 0 Å². The van der Waals surface area contributed by atoms with Crippen molar-refractivity contribution in [1.29, 1.82) is 0 Å². The van der Waals surface area contributed by atoms with E-state index >= 15 is 0 Å². The van der Waals surface area contributed by atoms with Gasteiger partial charge in [0.05, 0.1) is 12.7 Å². The number of carbonyl (C=O) groups is 1. The molecule has 0 aliphatic rings. The van der Waals surface area contributed by atoms with Crippen molar-refractivity contribution in [2.45, 2.75) is 6.18 Å². The van der Waals surface area contributed by atoms with Crippen molar-refractivity contribution >= 4 is 18.1 Å². The van der Waals surface area contributed by atoms with Gasteiger partial charge >= 0.3 is 6.18 Å². The third-order valence-electron chi connectivity index (χ3n) is 1.16. The molecule has 15 heavy (non-hydrogen) atoms. The van der Waals surface area contributed by atoms with Crippen molar-refractivity contribution in [3.8, 4) is 0 Å². The zero-order chi connectivity index (χ0) is 11.9. The molecule has 0 aliphatic carbocycles. The number of aromatic nitrogens is 1. The monoisotopic (exact) mass is 241 g/mol. The summed E-state index contributed by atoms with van der Waals surface area (Å²) in [6, 6.07) is 2.07. The largest absolute Gasteiger partial charge is 0.471 e. The van der Waals surface area contributed by atoms with E-state index in [2.05, 4.69) is 9.72 Å². The molecule has 0 amide bonds. The molecule has 3 nitrogen and oxygen atoms in total. The van der Waals surface area contributed by atoms with Crippen molar-refractivity contribution in [2.75, 3.05) is 7.11 Å². The Kier molecular flexibility index (Phi) is 5.69. The molecule has 0 aromatic carbocycles. The number of methoxy groups -OCH3 is 1. The van der Waals surface area contributed by atoms with Crippen LogP contribution in [0.4, 0.5) is 13.2 Å². The zero-order valence-corrected chi connectivity index (χ0v) is 8.34. The molecule has 0 atom stereocenters. The summed E-state index contributed by atoms with van der Waals surface area (Å²) in [6.07, 6.45) is -3.21. The van der Waals surface area contributed by atoms with Gasteiger partial charge in [-0.05, 0) is 12.1 Å². The Labute approximate surface area is 88.8 Å². The number of nitrogens with zero attached hydrogens (tertiary/aromatic N) is 1. The van der Waals surface area contributed by atoms with Crippen molar-refractivity contribution in [2.24, 2.45) is 0 Å². The fraction of sp³-hybridized carbons (Fsp3) is 0.250. The topological polar surface area (TPSA) is 39.2 Å². The summed E-state index contributed by atoms with van der Waals surface area (Å²) in [5.41, 5.74) is -0.901. The van der Waals surface area contributed by atoms with Crippen molar-refractivity contribution in [3.05, 3.63) is 29.0 Å². The first-order chi connectivity index (χ1) is 6.93. The average Bonchev–Trinajstić information content (AvgIpc) is 2.17. The van der Waals surface area contributed by atoms with Gasteiger partial charge in [0, 0.05) is 6.20 Å². The maximum Gasteiger partial charge on any atom is 0.419 e. The summed E-state index contributed by atoms with van der Waals surface area (Å²) in [4.78, 5) is 12.2. The van der Waals surface area contributed by atoms with Crippen LogP contribution >= 0.6 is 11.6 Å². The first kappa shape index (κ1) is 13.7. The molecular weight excluding hydrogens is 235 g/mol. The highest BCUT2D eigenvalue weighted by molar-refractivity contribution is 6.30. The highest BCUT2D eigenvalue weighted by Crippen LogP contribution is 2.32. The van der Waals surface area contributed by atoms with E-state index in [1.165, 1.54) is 19.4 Å². The molecule has 1 aromatic rings.